The number of aromatic amines is 1. The van der Waals surface area contributed by atoms with E-state index >= 15 is 0 Å². The highest BCUT2D eigenvalue weighted by Gasteiger charge is 2.13. The summed E-state index contributed by atoms with van der Waals surface area (Å²) in [6.45, 7) is 2.18. The third kappa shape index (κ3) is 4.13. The van der Waals surface area contributed by atoms with Gasteiger partial charge < -0.3 is 20.1 Å². The van der Waals surface area contributed by atoms with Gasteiger partial charge in [0.1, 0.15) is 0 Å². The van der Waals surface area contributed by atoms with E-state index in [4.69, 9.17) is 4.52 Å². The van der Waals surface area contributed by atoms with Crippen molar-refractivity contribution in [3.63, 3.8) is 0 Å². The summed E-state index contributed by atoms with van der Waals surface area (Å²) in [6, 6.07) is 19.5. The van der Waals surface area contributed by atoms with E-state index in [1.807, 2.05) is 48.7 Å². The molecule has 0 radical (unpaired) electrons. The Balaban J connectivity index is 1.19. The van der Waals surface area contributed by atoms with E-state index in [0.29, 0.717) is 18.0 Å². The lowest BCUT2D eigenvalue weighted by Crippen LogP contribution is -2.27. The van der Waals surface area contributed by atoms with E-state index in [0.717, 1.165) is 30.6 Å². The molecule has 0 aliphatic carbocycles. The van der Waals surface area contributed by atoms with Gasteiger partial charge in [0, 0.05) is 41.8 Å². The summed E-state index contributed by atoms with van der Waals surface area (Å²) in [5, 5.41) is 11.4. The number of carbonyl (C=O) groups excluding carboxylic acids is 1. The van der Waals surface area contributed by atoms with E-state index in [-0.39, 0.29) is 5.91 Å². The molecule has 6 heteroatoms. The Morgan fingerprint density at radius 3 is 2.75 bits per heavy atom. The number of fused-ring (bicyclic) bond motifs is 1. The fraction of sp³-hybridized carbons (Fsp3) is 0.182. The van der Waals surface area contributed by atoms with Gasteiger partial charge in [0.25, 0.3) is 5.91 Å². The first-order valence-corrected chi connectivity index (χ1v) is 9.37. The molecule has 2 aromatic carbocycles. The smallest absolute Gasteiger partial charge is 0.273 e. The quantitative estimate of drug-likeness (QED) is 0.410. The summed E-state index contributed by atoms with van der Waals surface area (Å²) in [7, 11) is 0. The first-order valence-electron chi connectivity index (χ1n) is 9.37. The number of benzene rings is 2. The van der Waals surface area contributed by atoms with Crippen LogP contribution in [0, 0.1) is 0 Å². The average Bonchev–Trinajstić information content (AvgIpc) is 3.39. The lowest BCUT2D eigenvalue weighted by Gasteiger charge is -2.05. The van der Waals surface area contributed by atoms with Gasteiger partial charge in [0.15, 0.2) is 11.5 Å². The molecule has 142 valence electrons. The summed E-state index contributed by atoms with van der Waals surface area (Å²) >= 11 is 0. The molecule has 0 saturated carbocycles. The number of aromatic nitrogens is 2. The normalized spacial score (nSPS) is 11.0. The second kappa shape index (κ2) is 8.54. The summed E-state index contributed by atoms with van der Waals surface area (Å²) in [5.41, 5.74) is 3.59. The van der Waals surface area contributed by atoms with Crippen molar-refractivity contribution in [2.75, 3.05) is 13.1 Å². The van der Waals surface area contributed by atoms with Gasteiger partial charge in [0.05, 0.1) is 0 Å². The Morgan fingerprint density at radius 1 is 1.04 bits per heavy atom. The molecule has 4 aromatic rings. The molecule has 0 aliphatic heterocycles. The monoisotopic (exact) mass is 374 g/mol. The fourth-order valence-electron chi connectivity index (χ4n) is 3.13. The van der Waals surface area contributed by atoms with Crippen molar-refractivity contribution in [1.29, 1.82) is 0 Å². The van der Waals surface area contributed by atoms with Gasteiger partial charge in [-0.05, 0) is 24.6 Å². The summed E-state index contributed by atoms with van der Waals surface area (Å²) in [6.07, 6.45) is 2.87. The lowest BCUT2D eigenvalue weighted by atomic mass is 10.1. The van der Waals surface area contributed by atoms with Crippen LogP contribution in [0.4, 0.5) is 0 Å². The van der Waals surface area contributed by atoms with Crippen LogP contribution in [-0.2, 0) is 6.54 Å². The number of hydrogen-bond donors (Lipinski definition) is 3. The Bertz CT molecular complexity index is 1050. The summed E-state index contributed by atoms with van der Waals surface area (Å²) in [4.78, 5) is 15.5. The predicted molar refractivity (Wildman–Crippen MR) is 109 cm³/mol. The molecule has 6 nitrogen and oxygen atoms in total. The maximum Gasteiger partial charge on any atom is 0.273 e. The van der Waals surface area contributed by atoms with Crippen molar-refractivity contribution in [3.05, 3.63) is 78.1 Å². The van der Waals surface area contributed by atoms with E-state index < -0.39 is 0 Å². The van der Waals surface area contributed by atoms with Crippen LogP contribution in [-0.4, -0.2) is 29.1 Å². The second-order valence-electron chi connectivity index (χ2n) is 6.59. The SMILES string of the molecule is O=C(NCCCNCc1c[nH]c2ccccc12)c1cc(-c2ccccc2)on1. The van der Waals surface area contributed by atoms with E-state index in [2.05, 4.69) is 32.9 Å². The number of para-hydroxylation sites is 1. The highest BCUT2D eigenvalue weighted by atomic mass is 16.5. The van der Waals surface area contributed by atoms with E-state index in [9.17, 15) is 4.79 Å². The number of carbonyl (C=O) groups is 1. The zero-order valence-corrected chi connectivity index (χ0v) is 15.4. The standard InChI is InChI=1S/C22H22N4O2/c27-22(20-13-21(28-26-20)16-7-2-1-3-8-16)24-12-6-11-23-14-17-15-25-19-10-5-4-9-18(17)19/h1-5,7-10,13,15,23,25H,6,11-12,14H2,(H,24,27). The van der Waals surface area contributed by atoms with Crippen LogP contribution in [0.2, 0.25) is 0 Å². The van der Waals surface area contributed by atoms with Crippen LogP contribution in [0.3, 0.4) is 0 Å². The molecule has 0 aliphatic rings. The van der Waals surface area contributed by atoms with Gasteiger partial charge >= 0.3 is 0 Å². The predicted octanol–water partition coefficient (Wildman–Crippen LogP) is 3.73. The molecule has 0 saturated heterocycles. The number of nitrogens with one attached hydrogen (secondary N) is 3. The molecule has 0 bridgehead atoms. The molecule has 2 aromatic heterocycles. The van der Waals surface area contributed by atoms with Crippen molar-refractivity contribution in [1.82, 2.24) is 20.8 Å². The minimum absolute atomic E-state index is 0.220. The second-order valence-corrected chi connectivity index (χ2v) is 6.59. The van der Waals surface area contributed by atoms with Gasteiger partial charge in [-0.25, -0.2) is 0 Å². The van der Waals surface area contributed by atoms with Crippen LogP contribution < -0.4 is 10.6 Å². The van der Waals surface area contributed by atoms with Crippen LogP contribution >= 0.6 is 0 Å². The Hall–Kier alpha value is -3.38. The van der Waals surface area contributed by atoms with Gasteiger partial charge in [-0.3, -0.25) is 4.79 Å². The largest absolute Gasteiger partial charge is 0.361 e. The van der Waals surface area contributed by atoms with Gasteiger partial charge in [-0.1, -0.05) is 53.7 Å². The molecule has 28 heavy (non-hydrogen) atoms. The number of rotatable bonds is 8. The molecule has 0 unspecified atom stereocenters. The molecule has 0 spiro atoms. The summed E-state index contributed by atoms with van der Waals surface area (Å²) in [5.74, 6) is 0.369. The van der Waals surface area contributed by atoms with Crippen molar-refractivity contribution in [3.8, 4) is 11.3 Å². The molecule has 0 atom stereocenters. The van der Waals surface area contributed by atoms with Crippen LogP contribution in [0.5, 0.6) is 0 Å². The maximum atomic E-state index is 12.2. The number of hydrogen-bond acceptors (Lipinski definition) is 4. The average molecular weight is 374 g/mol. The third-order valence-corrected chi connectivity index (χ3v) is 4.61. The van der Waals surface area contributed by atoms with Gasteiger partial charge in [-0.2, -0.15) is 0 Å². The minimum atomic E-state index is -0.220. The Kier molecular flexibility index (Phi) is 5.49. The Morgan fingerprint density at radius 2 is 1.86 bits per heavy atom. The highest BCUT2D eigenvalue weighted by molar-refractivity contribution is 5.93. The van der Waals surface area contributed by atoms with Crippen LogP contribution in [0.25, 0.3) is 22.2 Å². The third-order valence-electron chi connectivity index (χ3n) is 4.61. The zero-order valence-electron chi connectivity index (χ0n) is 15.4. The van der Waals surface area contributed by atoms with Gasteiger partial charge in [0.2, 0.25) is 0 Å². The molecular weight excluding hydrogens is 352 g/mol. The molecule has 0 fully saturated rings. The number of H-pyrrole nitrogens is 1. The molecule has 3 N–H and O–H groups in total. The van der Waals surface area contributed by atoms with Crippen LogP contribution in [0.1, 0.15) is 22.5 Å². The number of nitrogens with zero attached hydrogens (tertiary/aromatic N) is 1. The van der Waals surface area contributed by atoms with Crippen molar-refractivity contribution >= 4 is 16.8 Å². The topological polar surface area (TPSA) is 83.0 Å². The highest BCUT2D eigenvalue weighted by Crippen LogP contribution is 2.19. The molecule has 4 rings (SSSR count). The van der Waals surface area contributed by atoms with E-state index in [1.165, 1.54) is 10.9 Å². The maximum absolute atomic E-state index is 12.2. The van der Waals surface area contributed by atoms with Crippen molar-refractivity contribution in [2.45, 2.75) is 13.0 Å². The van der Waals surface area contributed by atoms with E-state index in [1.54, 1.807) is 6.07 Å². The Labute approximate surface area is 162 Å². The minimum Gasteiger partial charge on any atom is -0.361 e. The lowest BCUT2D eigenvalue weighted by molar-refractivity contribution is 0.0944. The van der Waals surface area contributed by atoms with Crippen molar-refractivity contribution < 1.29 is 9.32 Å². The molecule has 2 heterocycles. The fourth-order valence-corrected chi connectivity index (χ4v) is 3.13. The molecular formula is C22H22N4O2. The molecule has 1 amide bonds. The van der Waals surface area contributed by atoms with Crippen LogP contribution in [0.15, 0.2) is 71.4 Å². The number of amides is 1. The first kappa shape index (κ1) is 18.0. The van der Waals surface area contributed by atoms with Crippen molar-refractivity contribution in [2.24, 2.45) is 0 Å². The summed E-state index contributed by atoms with van der Waals surface area (Å²) < 4.78 is 5.27. The van der Waals surface area contributed by atoms with Gasteiger partial charge in [-0.15, -0.1) is 0 Å². The first-order chi connectivity index (χ1) is 13.8. The zero-order chi connectivity index (χ0) is 19.2.